The third-order valence-electron chi connectivity index (χ3n) is 8.67. The largest absolute Gasteiger partial charge is 0.393 e. The lowest BCUT2D eigenvalue weighted by atomic mass is 9.47. The summed E-state index contributed by atoms with van der Waals surface area (Å²) in [4.78, 5) is 0. The number of aliphatic hydroxyl groups is 1. The summed E-state index contributed by atoms with van der Waals surface area (Å²) in [6.45, 7) is 7.14. The molecule has 1 nitrogen and oxygen atoms in total. The van der Waals surface area contributed by atoms with Crippen molar-refractivity contribution in [1.82, 2.24) is 0 Å². The SMILES string of the molecule is CC(O)C1CCC2C3CC=C4CCCCC4(C)C3CC[C@]12C. The topological polar surface area (TPSA) is 20.2 Å². The second-order valence-corrected chi connectivity index (χ2v) is 9.44. The molecule has 1 N–H and O–H groups in total. The third-order valence-corrected chi connectivity index (χ3v) is 8.67. The van der Waals surface area contributed by atoms with Crippen LogP contribution >= 0.6 is 0 Å². The molecule has 0 radical (unpaired) electrons. The van der Waals surface area contributed by atoms with E-state index in [-0.39, 0.29) is 6.10 Å². The zero-order valence-electron chi connectivity index (χ0n) is 14.8. The summed E-state index contributed by atoms with van der Waals surface area (Å²) >= 11 is 0. The minimum atomic E-state index is -0.119. The molecule has 22 heavy (non-hydrogen) atoms. The Kier molecular flexibility index (Phi) is 3.53. The van der Waals surface area contributed by atoms with Crippen molar-refractivity contribution in [2.24, 2.45) is 34.5 Å². The summed E-state index contributed by atoms with van der Waals surface area (Å²) in [6, 6.07) is 0. The van der Waals surface area contributed by atoms with Crippen molar-refractivity contribution in [1.29, 1.82) is 0 Å². The van der Waals surface area contributed by atoms with Crippen molar-refractivity contribution in [3.8, 4) is 0 Å². The van der Waals surface area contributed by atoms with Crippen LogP contribution < -0.4 is 0 Å². The number of hydrogen-bond acceptors (Lipinski definition) is 1. The number of hydrogen-bond donors (Lipinski definition) is 1. The molecule has 0 saturated heterocycles. The van der Waals surface area contributed by atoms with E-state index in [1.807, 2.05) is 12.5 Å². The van der Waals surface area contributed by atoms with Gasteiger partial charge in [-0.2, -0.15) is 0 Å². The standard InChI is InChI=1S/C21H34O/c1-14(22)17-9-10-18-16-8-7-15-6-4-5-12-20(15,2)19(16)11-13-21(17,18)3/h7,14,16-19,22H,4-6,8-13H2,1-3H3/t14?,16?,17?,18?,19?,20?,21-/m1/s1. The lowest BCUT2D eigenvalue weighted by Gasteiger charge is -2.58. The molecule has 7 atom stereocenters. The van der Waals surface area contributed by atoms with E-state index in [4.69, 9.17) is 0 Å². The van der Waals surface area contributed by atoms with Crippen molar-refractivity contribution in [3.05, 3.63) is 11.6 Å². The fourth-order valence-electron chi connectivity index (χ4n) is 7.53. The van der Waals surface area contributed by atoms with Crippen LogP contribution in [0.4, 0.5) is 0 Å². The highest BCUT2D eigenvalue weighted by Crippen LogP contribution is 2.66. The van der Waals surface area contributed by atoms with Gasteiger partial charge >= 0.3 is 0 Å². The monoisotopic (exact) mass is 302 g/mol. The van der Waals surface area contributed by atoms with Crippen LogP contribution in [0.15, 0.2) is 11.6 Å². The summed E-state index contributed by atoms with van der Waals surface area (Å²) in [5.41, 5.74) is 2.74. The van der Waals surface area contributed by atoms with Gasteiger partial charge in [0.2, 0.25) is 0 Å². The Labute approximate surface area is 136 Å². The van der Waals surface area contributed by atoms with Crippen LogP contribution in [0, 0.1) is 34.5 Å². The number of rotatable bonds is 1. The first-order valence-electron chi connectivity index (χ1n) is 9.84. The van der Waals surface area contributed by atoms with Crippen LogP contribution in [-0.2, 0) is 0 Å². The molecule has 6 unspecified atom stereocenters. The summed E-state index contributed by atoms with van der Waals surface area (Å²) in [7, 11) is 0. The van der Waals surface area contributed by atoms with Gasteiger partial charge in [0.15, 0.2) is 0 Å². The first-order chi connectivity index (χ1) is 10.5. The summed E-state index contributed by atoms with van der Waals surface area (Å²) in [5.74, 6) is 3.23. The van der Waals surface area contributed by atoms with Crippen LogP contribution in [0.5, 0.6) is 0 Å². The summed E-state index contributed by atoms with van der Waals surface area (Å²) in [5, 5.41) is 10.3. The number of fused-ring (bicyclic) bond motifs is 5. The average Bonchev–Trinajstić information content (AvgIpc) is 2.84. The molecule has 0 aromatic carbocycles. The van der Waals surface area contributed by atoms with Gasteiger partial charge in [0.1, 0.15) is 0 Å². The lowest BCUT2D eigenvalue weighted by Crippen LogP contribution is -2.50. The molecule has 4 aliphatic carbocycles. The second-order valence-electron chi connectivity index (χ2n) is 9.44. The lowest BCUT2D eigenvalue weighted by molar-refractivity contribution is -0.0620. The van der Waals surface area contributed by atoms with Gasteiger partial charge in [-0.05, 0) is 92.8 Å². The van der Waals surface area contributed by atoms with E-state index >= 15 is 0 Å². The molecule has 3 fully saturated rings. The van der Waals surface area contributed by atoms with Crippen molar-refractivity contribution in [2.75, 3.05) is 0 Å². The molecule has 0 aliphatic heterocycles. The second kappa shape index (κ2) is 5.10. The first kappa shape index (κ1) is 15.2. The maximum atomic E-state index is 10.3. The van der Waals surface area contributed by atoms with Crippen molar-refractivity contribution in [2.45, 2.75) is 84.7 Å². The smallest absolute Gasteiger partial charge is 0.0545 e. The molecule has 0 aromatic heterocycles. The third kappa shape index (κ3) is 1.93. The normalized spacial score (nSPS) is 52.3. The van der Waals surface area contributed by atoms with Gasteiger partial charge in [0.25, 0.3) is 0 Å². The van der Waals surface area contributed by atoms with Crippen molar-refractivity contribution < 1.29 is 5.11 Å². The Balaban J connectivity index is 1.66. The summed E-state index contributed by atoms with van der Waals surface area (Å²) in [6.07, 6.45) is 14.9. The van der Waals surface area contributed by atoms with Gasteiger partial charge in [-0.15, -0.1) is 0 Å². The Morgan fingerprint density at radius 2 is 1.91 bits per heavy atom. The van der Waals surface area contributed by atoms with E-state index in [1.54, 1.807) is 0 Å². The van der Waals surface area contributed by atoms with E-state index < -0.39 is 0 Å². The van der Waals surface area contributed by atoms with Gasteiger partial charge in [0.05, 0.1) is 6.10 Å². The van der Waals surface area contributed by atoms with Crippen LogP contribution in [0.1, 0.15) is 78.6 Å². The number of aliphatic hydroxyl groups excluding tert-OH is 1. The molecule has 4 rings (SSSR count). The molecule has 1 heteroatoms. The zero-order chi connectivity index (χ0) is 15.5. The van der Waals surface area contributed by atoms with E-state index in [1.165, 1.54) is 57.8 Å². The van der Waals surface area contributed by atoms with Crippen LogP contribution in [0.25, 0.3) is 0 Å². The molecular formula is C21H34O. The van der Waals surface area contributed by atoms with Crippen LogP contribution in [0.3, 0.4) is 0 Å². The Hall–Kier alpha value is -0.300. The predicted molar refractivity (Wildman–Crippen MR) is 91.5 cm³/mol. The van der Waals surface area contributed by atoms with Crippen LogP contribution in [0.2, 0.25) is 0 Å². The van der Waals surface area contributed by atoms with Gasteiger partial charge in [-0.3, -0.25) is 0 Å². The first-order valence-corrected chi connectivity index (χ1v) is 9.84. The molecule has 0 amide bonds. The molecule has 0 heterocycles. The summed E-state index contributed by atoms with van der Waals surface area (Å²) < 4.78 is 0. The van der Waals surface area contributed by atoms with E-state index in [0.717, 1.165) is 17.8 Å². The van der Waals surface area contributed by atoms with Gasteiger partial charge in [-0.1, -0.05) is 31.9 Å². The van der Waals surface area contributed by atoms with Crippen molar-refractivity contribution >= 4 is 0 Å². The van der Waals surface area contributed by atoms with Gasteiger partial charge < -0.3 is 5.11 Å². The number of allylic oxidation sites excluding steroid dienone is 2. The Morgan fingerprint density at radius 3 is 2.68 bits per heavy atom. The fourth-order valence-corrected chi connectivity index (χ4v) is 7.53. The molecule has 0 bridgehead atoms. The van der Waals surface area contributed by atoms with Gasteiger partial charge in [0, 0.05) is 0 Å². The zero-order valence-corrected chi connectivity index (χ0v) is 14.8. The molecular weight excluding hydrogens is 268 g/mol. The van der Waals surface area contributed by atoms with E-state index in [2.05, 4.69) is 19.9 Å². The average molecular weight is 303 g/mol. The van der Waals surface area contributed by atoms with E-state index in [9.17, 15) is 5.11 Å². The Bertz CT molecular complexity index is 478. The maximum Gasteiger partial charge on any atom is 0.0545 e. The van der Waals surface area contributed by atoms with Crippen LogP contribution in [-0.4, -0.2) is 11.2 Å². The van der Waals surface area contributed by atoms with Gasteiger partial charge in [-0.25, -0.2) is 0 Å². The van der Waals surface area contributed by atoms with E-state index in [0.29, 0.717) is 16.7 Å². The quantitative estimate of drug-likeness (QED) is 0.648. The minimum Gasteiger partial charge on any atom is -0.393 e. The highest BCUT2D eigenvalue weighted by Gasteiger charge is 2.58. The molecule has 3 saturated carbocycles. The maximum absolute atomic E-state index is 10.3. The molecule has 0 spiro atoms. The fraction of sp³-hybridized carbons (Fsp3) is 0.905. The molecule has 124 valence electrons. The molecule has 4 aliphatic rings. The molecule has 0 aromatic rings. The minimum absolute atomic E-state index is 0.119. The predicted octanol–water partition coefficient (Wildman–Crippen LogP) is 5.34. The van der Waals surface area contributed by atoms with Crippen molar-refractivity contribution in [3.63, 3.8) is 0 Å². The highest BCUT2D eigenvalue weighted by atomic mass is 16.3. The Morgan fingerprint density at radius 1 is 1.09 bits per heavy atom. The highest BCUT2D eigenvalue weighted by molar-refractivity contribution is 5.24.